The van der Waals surface area contributed by atoms with Gasteiger partial charge in [-0.15, -0.1) is 0 Å². The van der Waals surface area contributed by atoms with Gasteiger partial charge < -0.3 is 15.3 Å². The number of carboxylic acid groups (broad SMARTS) is 2. The predicted molar refractivity (Wildman–Crippen MR) is 157 cm³/mol. The van der Waals surface area contributed by atoms with Crippen LogP contribution in [0.3, 0.4) is 0 Å². The number of nitrogens with zero attached hydrogens (tertiary/aromatic N) is 2. The van der Waals surface area contributed by atoms with E-state index in [0.717, 1.165) is 15.9 Å². The number of anilines is 2. The Morgan fingerprint density at radius 3 is 1.83 bits per heavy atom. The number of aromatic carboxylic acids is 2. The van der Waals surface area contributed by atoms with Crippen LogP contribution in [0.15, 0.2) is 78.4 Å². The minimum absolute atomic E-state index is 0.00797. The topological polar surface area (TPSA) is 170 Å². The van der Waals surface area contributed by atoms with Crippen LogP contribution in [-0.2, 0) is 19.2 Å². The summed E-state index contributed by atoms with van der Waals surface area (Å²) < 4.78 is 14.8. The van der Waals surface area contributed by atoms with Crippen LogP contribution in [0.1, 0.15) is 45.0 Å². The quantitative estimate of drug-likeness (QED) is 0.281. The maximum absolute atomic E-state index is 14.8. The molecular weight excluding hydrogens is 599 g/mol. The van der Waals surface area contributed by atoms with Crippen molar-refractivity contribution >= 4 is 46.9 Å². The number of hydrogen-bond donors (Lipinski definition) is 3. The van der Waals surface area contributed by atoms with Crippen molar-refractivity contribution in [2.24, 2.45) is 29.6 Å². The summed E-state index contributed by atoms with van der Waals surface area (Å²) >= 11 is 0. The summed E-state index contributed by atoms with van der Waals surface area (Å²) in [5.41, 5.74) is 0.445. The van der Waals surface area contributed by atoms with Crippen molar-refractivity contribution in [3.8, 4) is 5.75 Å². The third kappa shape index (κ3) is 4.16. The molecule has 11 nitrogen and oxygen atoms in total. The molecule has 1 saturated carbocycles. The van der Waals surface area contributed by atoms with E-state index in [1.165, 1.54) is 60.7 Å². The summed E-state index contributed by atoms with van der Waals surface area (Å²) in [5, 5.41) is 29.9. The van der Waals surface area contributed by atoms with Crippen molar-refractivity contribution in [2.45, 2.75) is 18.8 Å². The van der Waals surface area contributed by atoms with E-state index in [1.54, 1.807) is 6.08 Å². The van der Waals surface area contributed by atoms with Crippen molar-refractivity contribution in [1.82, 2.24) is 0 Å². The Hall–Kier alpha value is -5.65. The second-order valence-electron chi connectivity index (χ2n) is 11.9. The molecule has 0 bridgehead atoms. The second kappa shape index (κ2) is 10.5. The van der Waals surface area contributed by atoms with Crippen molar-refractivity contribution in [2.75, 3.05) is 9.80 Å². The molecule has 2 heterocycles. The molecule has 0 radical (unpaired) electrons. The molecule has 7 rings (SSSR count). The molecule has 4 aliphatic rings. The predicted octanol–water partition coefficient (Wildman–Crippen LogP) is 3.97. The van der Waals surface area contributed by atoms with E-state index in [4.69, 9.17) is 0 Å². The van der Waals surface area contributed by atoms with E-state index in [2.05, 4.69) is 0 Å². The average Bonchev–Trinajstić information content (AvgIpc) is 3.45. The van der Waals surface area contributed by atoms with Crippen LogP contribution in [0.2, 0.25) is 0 Å². The van der Waals surface area contributed by atoms with Crippen molar-refractivity contribution < 1.29 is 48.5 Å². The number of aromatic hydroxyl groups is 1. The number of imide groups is 2. The fraction of sp³-hybridized carbons (Fsp3) is 0.235. The number of carboxylic acids is 2. The summed E-state index contributed by atoms with van der Waals surface area (Å²) in [4.78, 5) is 81.1. The fourth-order valence-corrected chi connectivity index (χ4v) is 7.78. The first-order valence-electron chi connectivity index (χ1n) is 14.6. The van der Waals surface area contributed by atoms with Crippen LogP contribution in [0.5, 0.6) is 5.75 Å². The maximum atomic E-state index is 14.8. The van der Waals surface area contributed by atoms with Crippen LogP contribution < -0.4 is 9.80 Å². The van der Waals surface area contributed by atoms with E-state index in [0.29, 0.717) is 5.57 Å². The number of rotatable bonds is 5. The van der Waals surface area contributed by atoms with Crippen molar-refractivity contribution in [3.05, 3.63) is 101 Å². The molecule has 46 heavy (non-hydrogen) atoms. The molecule has 3 N–H and O–H groups in total. The molecular formula is C34H25FN2O9. The van der Waals surface area contributed by atoms with E-state index >= 15 is 0 Å². The monoisotopic (exact) mass is 624 g/mol. The van der Waals surface area contributed by atoms with Gasteiger partial charge in [-0.05, 0) is 61.2 Å². The van der Waals surface area contributed by atoms with Gasteiger partial charge in [0, 0.05) is 11.5 Å². The van der Waals surface area contributed by atoms with Crippen LogP contribution in [0.4, 0.5) is 15.8 Å². The molecule has 0 unspecified atom stereocenters. The van der Waals surface area contributed by atoms with Gasteiger partial charge in [0.05, 0.1) is 46.2 Å². The molecule has 2 aliphatic heterocycles. The van der Waals surface area contributed by atoms with E-state index in [1.807, 2.05) is 0 Å². The Labute approximate surface area is 260 Å². The van der Waals surface area contributed by atoms with E-state index in [9.17, 15) is 48.5 Å². The lowest BCUT2D eigenvalue weighted by Gasteiger charge is -2.44. The number of halogens is 1. The summed E-state index contributed by atoms with van der Waals surface area (Å²) in [7, 11) is 0. The van der Waals surface area contributed by atoms with Crippen LogP contribution >= 0.6 is 0 Å². The SMILES string of the molecule is O=C(O)c1cccc(N2C(=O)[C@H]3[C@H](CC=C4[C@H]3C[C@H]3C(=O)N(c5cccc(C(=O)O)c5)C(=O)[C@H]3[C@H]4c3cccc(F)c3O)C2=O)c1. The lowest BCUT2D eigenvalue weighted by atomic mass is 9.57. The normalized spacial score (nSPS) is 26.8. The lowest BCUT2D eigenvalue weighted by Crippen LogP contribution is -2.43. The number of amides is 4. The van der Waals surface area contributed by atoms with E-state index < -0.39 is 82.6 Å². The standard InChI is InChI=1S/C34H25FN2O9/c35-24-9-3-8-20(28(24)38)25-19-10-11-21-26(31(41)36(29(21)39)17-6-1-4-15(12-17)33(43)44)22(19)14-23-27(25)32(42)37(30(23)40)18-7-2-5-16(13-18)34(45)46/h1-10,12-13,21-23,25-27,38H,11,14H2,(H,43,44)(H,45,46)/t21-,22+,23+,25+,26-,27+/m0/s1. The zero-order valence-electron chi connectivity index (χ0n) is 23.9. The highest BCUT2D eigenvalue weighted by molar-refractivity contribution is 6.24. The number of carbonyl (C=O) groups is 6. The first kappa shape index (κ1) is 29.1. The molecule has 232 valence electrons. The molecule has 3 fully saturated rings. The molecule has 0 aromatic heterocycles. The second-order valence-corrected chi connectivity index (χ2v) is 11.9. The summed E-state index contributed by atoms with van der Waals surface area (Å²) in [6.07, 6.45) is 1.81. The molecule has 2 aliphatic carbocycles. The third-order valence-corrected chi connectivity index (χ3v) is 9.70. The van der Waals surface area contributed by atoms with Gasteiger partial charge in [-0.3, -0.25) is 29.0 Å². The van der Waals surface area contributed by atoms with Gasteiger partial charge in [-0.1, -0.05) is 35.9 Å². The third-order valence-electron chi connectivity index (χ3n) is 9.70. The maximum Gasteiger partial charge on any atom is 0.335 e. The summed E-state index contributed by atoms with van der Waals surface area (Å²) in [6.45, 7) is 0. The minimum Gasteiger partial charge on any atom is -0.505 e. The van der Waals surface area contributed by atoms with Crippen LogP contribution in [-0.4, -0.2) is 50.9 Å². The average molecular weight is 625 g/mol. The van der Waals surface area contributed by atoms with Crippen molar-refractivity contribution in [1.29, 1.82) is 0 Å². The molecule has 3 aromatic carbocycles. The number of para-hydroxylation sites is 1. The number of fused-ring (bicyclic) bond motifs is 4. The number of carbonyl (C=O) groups excluding carboxylic acids is 4. The highest BCUT2D eigenvalue weighted by atomic mass is 19.1. The Kier molecular flexibility index (Phi) is 6.62. The van der Waals surface area contributed by atoms with Crippen LogP contribution in [0, 0.1) is 35.4 Å². The molecule has 0 spiro atoms. The Morgan fingerprint density at radius 2 is 1.24 bits per heavy atom. The zero-order valence-corrected chi connectivity index (χ0v) is 23.9. The number of phenolic OH excluding ortho intramolecular Hbond substituents is 1. The molecule has 2 saturated heterocycles. The van der Waals surface area contributed by atoms with Crippen LogP contribution in [0.25, 0.3) is 0 Å². The van der Waals surface area contributed by atoms with Crippen molar-refractivity contribution in [3.63, 3.8) is 0 Å². The van der Waals surface area contributed by atoms with Gasteiger partial charge in [0.1, 0.15) is 0 Å². The van der Waals surface area contributed by atoms with Gasteiger partial charge in [0.25, 0.3) is 0 Å². The highest BCUT2D eigenvalue weighted by Crippen LogP contribution is 2.59. The first-order valence-corrected chi connectivity index (χ1v) is 14.6. The molecule has 3 aromatic rings. The van der Waals surface area contributed by atoms with E-state index in [-0.39, 0.29) is 40.9 Å². The van der Waals surface area contributed by atoms with Gasteiger partial charge in [0.15, 0.2) is 11.6 Å². The number of allylic oxidation sites excluding steroid dienone is 2. The first-order chi connectivity index (χ1) is 22.0. The smallest absolute Gasteiger partial charge is 0.335 e. The van der Waals surface area contributed by atoms with Gasteiger partial charge >= 0.3 is 11.9 Å². The van der Waals surface area contributed by atoms with Gasteiger partial charge in [-0.25, -0.2) is 14.0 Å². The molecule has 6 atom stereocenters. The Morgan fingerprint density at radius 1 is 0.696 bits per heavy atom. The largest absolute Gasteiger partial charge is 0.505 e. The number of phenols is 1. The summed E-state index contributed by atoms with van der Waals surface area (Å²) in [6, 6.07) is 14.7. The molecule has 12 heteroatoms. The summed E-state index contributed by atoms with van der Waals surface area (Å²) in [5.74, 6) is -12.3. The van der Waals surface area contributed by atoms with Gasteiger partial charge in [0.2, 0.25) is 23.6 Å². The van der Waals surface area contributed by atoms with Gasteiger partial charge in [-0.2, -0.15) is 0 Å². The zero-order chi connectivity index (χ0) is 32.6. The Balaban J connectivity index is 1.34. The lowest BCUT2D eigenvalue weighted by molar-refractivity contribution is -0.126. The number of hydrogen-bond acceptors (Lipinski definition) is 7. The highest BCUT2D eigenvalue weighted by Gasteiger charge is 2.62. The number of benzene rings is 3. The molecule has 4 amide bonds. The Bertz CT molecular complexity index is 1940. The minimum atomic E-state index is -1.26. The fourth-order valence-electron chi connectivity index (χ4n) is 7.78.